The number of nitrogens with zero attached hydrogens (tertiary/aromatic N) is 5. The van der Waals surface area contributed by atoms with Crippen LogP contribution < -0.4 is 4.74 Å². The van der Waals surface area contributed by atoms with Gasteiger partial charge in [0.05, 0.1) is 18.5 Å². The molecule has 1 aliphatic heterocycles. The Labute approximate surface area is 165 Å². The highest BCUT2D eigenvalue weighted by molar-refractivity contribution is 5.69. The molecule has 1 amide bonds. The third-order valence-corrected chi connectivity index (χ3v) is 4.83. The lowest BCUT2D eigenvalue weighted by Crippen LogP contribution is -2.42. The Kier molecular flexibility index (Phi) is 5.58. The van der Waals surface area contributed by atoms with Crippen molar-refractivity contribution in [3.05, 3.63) is 23.7 Å². The molecule has 0 N–H and O–H groups in total. The highest BCUT2D eigenvalue weighted by atomic mass is 16.6. The van der Waals surface area contributed by atoms with Crippen molar-refractivity contribution in [1.29, 1.82) is 0 Å². The lowest BCUT2D eigenvalue weighted by molar-refractivity contribution is 0.0197. The molecule has 0 aromatic carbocycles. The molecule has 0 bridgehead atoms. The molecular weight excluding hydrogens is 358 g/mol. The van der Waals surface area contributed by atoms with Gasteiger partial charge in [0.25, 0.3) is 0 Å². The van der Waals surface area contributed by atoms with Crippen LogP contribution in [0.2, 0.25) is 0 Å². The maximum absolute atomic E-state index is 12.5. The van der Waals surface area contributed by atoms with E-state index in [0.29, 0.717) is 19.1 Å². The van der Waals surface area contributed by atoms with Gasteiger partial charge < -0.3 is 14.4 Å². The standard InChI is InChI=1S/C20H29N5O3/c1-13-10-16(23-24(13)5)15-11-21-18(27-6)22-17(15)14-8-7-9-25(12-14)19(26)28-20(2,3)4/h10-11,14H,7-9,12H2,1-6H3. The Morgan fingerprint density at radius 2 is 2.07 bits per heavy atom. The van der Waals surface area contributed by atoms with Gasteiger partial charge in [-0.05, 0) is 46.6 Å². The predicted octanol–water partition coefficient (Wildman–Crippen LogP) is 3.31. The van der Waals surface area contributed by atoms with Crippen molar-refractivity contribution in [2.75, 3.05) is 20.2 Å². The van der Waals surface area contributed by atoms with Crippen molar-refractivity contribution in [2.24, 2.45) is 7.05 Å². The largest absolute Gasteiger partial charge is 0.467 e. The van der Waals surface area contributed by atoms with E-state index in [2.05, 4.69) is 15.1 Å². The maximum atomic E-state index is 12.5. The minimum atomic E-state index is -0.515. The van der Waals surface area contributed by atoms with Gasteiger partial charge in [-0.25, -0.2) is 9.78 Å². The molecule has 2 aromatic rings. The topological polar surface area (TPSA) is 82.4 Å². The molecule has 1 fully saturated rings. The highest BCUT2D eigenvalue weighted by Gasteiger charge is 2.31. The van der Waals surface area contributed by atoms with Gasteiger partial charge in [0, 0.05) is 43.5 Å². The molecule has 152 valence electrons. The average molecular weight is 387 g/mol. The number of piperidine rings is 1. The Balaban J connectivity index is 1.91. The molecule has 1 aliphatic rings. The van der Waals surface area contributed by atoms with Crippen LogP contribution in [-0.4, -0.2) is 56.5 Å². The molecule has 2 aromatic heterocycles. The van der Waals surface area contributed by atoms with Crippen LogP contribution in [0.1, 0.15) is 50.9 Å². The predicted molar refractivity (Wildman–Crippen MR) is 105 cm³/mol. The SMILES string of the molecule is COc1ncc(-c2cc(C)n(C)n2)c(C2CCCN(C(=O)OC(C)(C)C)C2)n1. The monoisotopic (exact) mass is 387 g/mol. The first-order valence-corrected chi connectivity index (χ1v) is 9.58. The zero-order valence-electron chi connectivity index (χ0n) is 17.5. The zero-order chi connectivity index (χ0) is 20.5. The van der Waals surface area contributed by atoms with Crippen LogP contribution in [0.15, 0.2) is 12.3 Å². The summed E-state index contributed by atoms with van der Waals surface area (Å²) in [4.78, 5) is 23.2. The quantitative estimate of drug-likeness (QED) is 0.804. The van der Waals surface area contributed by atoms with Crippen LogP contribution in [0.5, 0.6) is 6.01 Å². The molecule has 3 heterocycles. The summed E-state index contributed by atoms with van der Waals surface area (Å²) in [6, 6.07) is 2.34. The summed E-state index contributed by atoms with van der Waals surface area (Å²) >= 11 is 0. The van der Waals surface area contributed by atoms with E-state index in [0.717, 1.165) is 35.5 Å². The Bertz CT molecular complexity index is 837. The number of hydrogen-bond acceptors (Lipinski definition) is 6. The van der Waals surface area contributed by atoms with Crippen molar-refractivity contribution in [2.45, 2.75) is 52.1 Å². The van der Waals surface area contributed by atoms with E-state index in [4.69, 9.17) is 9.47 Å². The number of methoxy groups -OCH3 is 1. The summed E-state index contributed by atoms with van der Waals surface area (Å²) in [5.41, 5.74) is 3.10. The lowest BCUT2D eigenvalue weighted by atomic mass is 9.91. The fourth-order valence-corrected chi connectivity index (χ4v) is 3.37. The van der Waals surface area contributed by atoms with Crippen LogP contribution in [0.3, 0.4) is 0 Å². The zero-order valence-corrected chi connectivity index (χ0v) is 17.5. The number of carbonyl (C=O) groups is 1. The lowest BCUT2D eigenvalue weighted by Gasteiger charge is -2.34. The fraction of sp³-hybridized carbons (Fsp3) is 0.600. The van der Waals surface area contributed by atoms with Gasteiger partial charge >= 0.3 is 12.1 Å². The molecule has 1 unspecified atom stereocenters. The van der Waals surface area contributed by atoms with Crippen LogP contribution in [-0.2, 0) is 11.8 Å². The molecule has 0 saturated carbocycles. The molecule has 8 nitrogen and oxygen atoms in total. The minimum Gasteiger partial charge on any atom is -0.467 e. The van der Waals surface area contributed by atoms with E-state index < -0.39 is 5.60 Å². The minimum absolute atomic E-state index is 0.0653. The van der Waals surface area contributed by atoms with Crippen molar-refractivity contribution in [3.8, 4) is 17.3 Å². The fourth-order valence-electron chi connectivity index (χ4n) is 3.37. The van der Waals surface area contributed by atoms with Crippen LogP contribution in [0.25, 0.3) is 11.3 Å². The maximum Gasteiger partial charge on any atom is 0.410 e. The van der Waals surface area contributed by atoms with E-state index in [9.17, 15) is 4.79 Å². The third-order valence-electron chi connectivity index (χ3n) is 4.83. The van der Waals surface area contributed by atoms with Crippen molar-refractivity contribution < 1.29 is 14.3 Å². The normalized spacial score (nSPS) is 17.5. The average Bonchev–Trinajstić information content (AvgIpc) is 2.98. The number of aryl methyl sites for hydroxylation is 2. The molecule has 3 rings (SSSR count). The van der Waals surface area contributed by atoms with Gasteiger partial charge in [-0.2, -0.15) is 10.1 Å². The second-order valence-corrected chi connectivity index (χ2v) is 8.22. The van der Waals surface area contributed by atoms with Gasteiger partial charge in [0.15, 0.2) is 0 Å². The summed E-state index contributed by atoms with van der Waals surface area (Å²) < 4.78 is 12.6. The summed E-state index contributed by atoms with van der Waals surface area (Å²) in [5.74, 6) is 0.0653. The van der Waals surface area contributed by atoms with Gasteiger partial charge in [-0.3, -0.25) is 4.68 Å². The number of likely N-dealkylation sites (tertiary alicyclic amines) is 1. The van der Waals surface area contributed by atoms with E-state index >= 15 is 0 Å². The molecule has 8 heteroatoms. The Morgan fingerprint density at radius 1 is 1.32 bits per heavy atom. The van der Waals surface area contributed by atoms with E-state index in [1.807, 2.05) is 45.5 Å². The molecule has 0 aliphatic carbocycles. The van der Waals surface area contributed by atoms with E-state index in [1.54, 1.807) is 18.2 Å². The summed E-state index contributed by atoms with van der Waals surface area (Å²) in [5, 5.41) is 4.58. The summed E-state index contributed by atoms with van der Waals surface area (Å²) in [7, 11) is 3.46. The molecule has 1 atom stereocenters. The number of hydrogen-bond donors (Lipinski definition) is 0. The summed E-state index contributed by atoms with van der Waals surface area (Å²) in [6.07, 6.45) is 3.29. The number of carbonyl (C=O) groups excluding carboxylic acids is 1. The van der Waals surface area contributed by atoms with Crippen LogP contribution >= 0.6 is 0 Å². The first-order valence-electron chi connectivity index (χ1n) is 9.58. The molecule has 1 saturated heterocycles. The molecule has 28 heavy (non-hydrogen) atoms. The van der Waals surface area contributed by atoms with Gasteiger partial charge in [0.1, 0.15) is 5.60 Å². The Morgan fingerprint density at radius 3 is 2.68 bits per heavy atom. The summed E-state index contributed by atoms with van der Waals surface area (Å²) in [6.45, 7) is 8.88. The van der Waals surface area contributed by atoms with Gasteiger partial charge in [0.2, 0.25) is 0 Å². The Hall–Kier alpha value is -2.64. The van der Waals surface area contributed by atoms with Gasteiger partial charge in [-0.1, -0.05) is 0 Å². The number of aromatic nitrogens is 4. The molecule has 0 spiro atoms. The third kappa shape index (κ3) is 4.43. The van der Waals surface area contributed by atoms with E-state index in [-0.39, 0.29) is 12.0 Å². The molecule has 0 radical (unpaired) electrons. The van der Waals surface area contributed by atoms with Crippen LogP contribution in [0.4, 0.5) is 4.79 Å². The second-order valence-electron chi connectivity index (χ2n) is 8.22. The molecular formula is C20H29N5O3. The smallest absolute Gasteiger partial charge is 0.410 e. The first kappa shape index (κ1) is 20.1. The van der Waals surface area contributed by atoms with Crippen molar-refractivity contribution in [1.82, 2.24) is 24.6 Å². The van der Waals surface area contributed by atoms with Crippen molar-refractivity contribution in [3.63, 3.8) is 0 Å². The second kappa shape index (κ2) is 7.77. The van der Waals surface area contributed by atoms with Crippen molar-refractivity contribution >= 4 is 6.09 Å². The van der Waals surface area contributed by atoms with Crippen LogP contribution in [0, 0.1) is 6.92 Å². The number of ether oxygens (including phenoxy) is 2. The first-order chi connectivity index (χ1) is 13.2. The van der Waals surface area contributed by atoms with E-state index in [1.165, 1.54) is 0 Å². The highest BCUT2D eigenvalue weighted by Crippen LogP contribution is 2.34. The van der Waals surface area contributed by atoms with Gasteiger partial charge in [-0.15, -0.1) is 0 Å². The number of rotatable bonds is 3. The number of amides is 1.